The van der Waals surface area contributed by atoms with Crippen molar-refractivity contribution in [3.8, 4) is 0 Å². The van der Waals surface area contributed by atoms with E-state index in [9.17, 15) is 0 Å². The van der Waals surface area contributed by atoms with Crippen LogP contribution in [0.5, 0.6) is 0 Å². The Labute approximate surface area is 101 Å². The van der Waals surface area contributed by atoms with Gasteiger partial charge in [-0.15, -0.1) is 11.8 Å². The van der Waals surface area contributed by atoms with Gasteiger partial charge in [-0.1, -0.05) is 18.2 Å². The molecule has 0 spiro atoms. The van der Waals surface area contributed by atoms with Crippen molar-refractivity contribution in [1.29, 1.82) is 0 Å². The lowest BCUT2D eigenvalue weighted by atomic mass is 10.0. The molecule has 16 heavy (non-hydrogen) atoms. The van der Waals surface area contributed by atoms with Crippen molar-refractivity contribution in [2.24, 2.45) is 5.92 Å². The molecule has 0 aliphatic carbocycles. The second-order valence-electron chi connectivity index (χ2n) is 4.09. The second-order valence-corrected chi connectivity index (χ2v) is 5.19. The van der Waals surface area contributed by atoms with Gasteiger partial charge in [0.05, 0.1) is 6.10 Å². The summed E-state index contributed by atoms with van der Waals surface area (Å²) < 4.78 is 5.62. The summed E-state index contributed by atoms with van der Waals surface area (Å²) in [7, 11) is 0. The fourth-order valence-corrected chi connectivity index (χ4v) is 3.19. The molecular formula is C13H18O2S. The van der Waals surface area contributed by atoms with E-state index in [1.165, 1.54) is 4.90 Å². The van der Waals surface area contributed by atoms with Gasteiger partial charge in [-0.2, -0.15) is 0 Å². The van der Waals surface area contributed by atoms with Crippen LogP contribution in [0.4, 0.5) is 0 Å². The third-order valence-electron chi connectivity index (χ3n) is 2.97. The first-order valence-electron chi connectivity index (χ1n) is 5.80. The van der Waals surface area contributed by atoms with Crippen LogP contribution < -0.4 is 0 Å². The largest absolute Gasteiger partial charge is 0.396 e. The second kappa shape index (κ2) is 6.28. The standard InChI is InChI=1S/C13H18O2S/c14-8-6-13-11(7-9-15-13)10-16-12-4-2-1-3-5-12/h1-5,11,13-14H,6-10H2/t11?,13-/m0/s1. The maximum Gasteiger partial charge on any atom is 0.0633 e. The van der Waals surface area contributed by atoms with Gasteiger partial charge in [0, 0.05) is 23.9 Å². The van der Waals surface area contributed by atoms with E-state index in [1.807, 2.05) is 17.8 Å². The molecule has 0 bridgehead atoms. The Morgan fingerprint density at radius 3 is 2.88 bits per heavy atom. The molecule has 1 fully saturated rings. The highest BCUT2D eigenvalue weighted by Crippen LogP contribution is 2.29. The van der Waals surface area contributed by atoms with Crippen molar-refractivity contribution in [2.45, 2.75) is 23.8 Å². The van der Waals surface area contributed by atoms with E-state index in [0.29, 0.717) is 5.92 Å². The lowest BCUT2D eigenvalue weighted by molar-refractivity contribution is 0.0714. The van der Waals surface area contributed by atoms with Gasteiger partial charge in [0.25, 0.3) is 0 Å². The molecule has 3 heteroatoms. The van der Waals surface area contributed by atoms with Crippen molar-refractivity contribution in [3.05, 3.63) is 30.3 Å². The summed E-state index contributed by atoms with van der Waals surface area (Å²) in [6.45, 7) is 1.09. The van der Waals surface area contributed by atoms with E-state index >= 15 is 0 Å². The fraction of sp³-hybridized carbons (Fsp3) is 0.538. The summed E-state index contributed by atoms with van der Waals surface area (Å²) >= 11 is 1.89. The van der Waals surface area contributed by atoms with E-state index in [0.717, 1.165) is 25.2 Å². The van der Waals surface area contributed by atoms with Crippen LogP contribution >= 0.6 is 11.8 Å². The predicted molar refractivity (Wildman–Crippen MR) is 66.7 cm³/mol. The van der Waals surface area contributed by atoms with E-state index < -0.39 is 0 Å². The monoisotopic (exact) mass is 238 g/mol. The van der Waals surface area contributed by atoms with E-state index in [2.05, 4.69) is 24.3 Å². The lowest BCUT2D eigenvalue weighted by Crippen LogP contribution is -2.19. The highest BCUT2D eigenvalue weighted by Gasteiger charge is 2.27. The molecule has 0 saturated carbocycles. The van der Waals surface area contributed by atoms with Crippen molar-refractivity contribution >= 4 is 11.8 Å². The Balaban J connectivity index is 1.81. The molecule has 1 N–H and O–H groups in total. The van der Waals surface area contributed by atoms with E-state index in [1.54, 1.807) is 0 Å². The minimum Gasteiger partial charge on any atom is -0.396 e. The molecule has 2 nitrogen and oxygen atoms in total. The topological polar surface area (TPSA) is 29.5 Å². The molecule has 1 aliphatic rings. The van der Waals surface area contributed by atoms with Crippen LogP contribution in [-0.4, -0.2) is 30.2 Å². The Hall–Kier alpha value is -0.510. The Morgan fingerprint density at radius 2 is 2.12 bits per heavy atom. The van der Waals surface area contributed by atoms with Crippen LogP contribution in [0.25, 0.3) is 0 Å². The quantitative estimate of drug-likeness (QED) is 0.799. The zero-order valence-electron chi connectivity index (χ0n) is 9.34. The molecule has 0 radical (unpaired) electrons. The lowest BCUT2D eigenvalue weighted by Gasteiger charge is -2.16. The minimum absolute atomic E-state index is 0.233. The number of thioether (sulfide) groups is 1. The Bertz CT molecular complexity index is 302. The summed E-state index contributed by atoms with van der Waals surface area (Å²) in [6.07, 6.45) is 2.17. The molecule has 2 rings (SSSR count). The third-order valence-corrected chi connectivity index (χ3v) is 4.17. The minimum atomic E-state index is 0.233. The molecule has 0 aromatic heterocycles. The number of ether oxygens (including phenoxy) is 1. The van der Waals surface area contributed by atoms with Gasteiger partial charge < -0.3 is 9.84 Å². The number of aliphatic hydroxyl groups is 1. The van der Waals surface area contributed by atoms with Gasteiger partial charge in [0.1, 0.15) is 0 Å². The molecular weight excluding hydrogens is 220 g/mol. The normalized spacial score (nSPS) is 24.8. The smallest absolute Gasteiger partial charge is 0.0633 e. The molecule has 0 amide bonds. The first kappa shape index (κ1) is 12.0. The maximum absolute atomic E-state index is 8.94. The van der Waals surface area contributed by atoms with Crippen LogP contribution in [0.3, 0.4) is 0 Å². The van der Waals surface area contributed by atoms with Gasteiger partial charge in [-0.25, -0.2) is 0 Å². The van der Waals surface area contributed by atoms with Gasteiger partial charge in [0.2, 0.25) is 0 Å². The Kier molecular flexibility index (Phi) is 4.69. The average molecular weight is 238 g/mol. The van der Waals surface area contributed by atoms with Crippen molar-refractivity contribution in [3.63, 3.8) is 0 Å². The predicted octanol–water partition coefficient (Wildman–Crippen LogP) is 2.57. The molecule has 1 saturated heterocycles. The van der Waals surface area contributed by atoms with Crippen LogP contribution in [0, 0.1) is 5.92 Å². The SMILES string of the molecule is OCC[C@@H]1OCCC1CSc1ccccc1. The van der Waals surface area contributed by atoms with Crippen molar-refractivity contribution < 1.29 is 9.84 Å². The van der Waals surface area contributed by atoms with Crippen LogP contribution in [-0.2, 0) is 4.74 Å². The number of aliphatic hydroxyl groups excluding tert-OH is 1. The van der Waals surface area contributed by atoms with Gasteiger partial charge in [-0.05, 0) is 30.9 Å². The maximum atomic E-state index is 8.94. The summed E-state index contributed by atoms with van der Waals surface area (Å²) in [4.78, 5) is 1.32. The van der Waals surface area contributed by atoms with Crippen LogP contribution in [0.1, 0.15) is 12.8 Å². The summed E-state index contributed by atoms with van der Waals surface area (Å²) in [5, 5.41) is 8.94. The number of benzene rings is 1. The van der Waals surface area contributed by atoms with Crippen LogP contribution in [0.2, 0.25) is 0 Å². The highest BCUT2D eigenvalue weighted by molar-refractivity contribution is 7.99. The summed E-state index contributed by atoms with van der Waals surface area (Å²) in [5.41, 5.74) is 0. The molecule has 88 valence electrons. The van der Waals surface area contributed by atoms with Gasteiger partial charge in [-0.3, -0.25) is 0 Å². The van der Waals surface area contributed by atoms with Crippen molar-refractivity contribution in [1.82, 2.24) is 0 Å². The summed E-state index contributed by atoms with van der Waals surface area (Å²) in [6, 6.07) is 10.5. The molecule has 1 aromatic carbocycles. The molecule has 1 aliphatic heterocycles. The van der Waals surface area contributed by atoms with E-state index in [4.69, 9.17) is 9.84 Å². The van der Waals surface area contributed by atoms with Crippen LogP contribution in [0.15, 0.2) is 35.2 Å². The van der Waals surface area contributed by atoms with E-state index in [-0.39, 0.29) is 12.7 Å². The zero-order chi connectivity index (χ0) is 11.2. The van der Waals surface area contributed by atoms with Gasteiger partial charge >= 0.3 is 0 Å². The summed E-state index contributed by atoms with van der Waals surface area (Å²) in [5.74, 6) is 1.69. The Morgan fingerprint density at radius 1 is 1.31 bits per heavy atom. The molecule has 1 unspecified atom stereocenters. The third kappa shape index (κ3) is 3.24. The zero-order valence-corrected chi connectivity index (χ0v) is 10.2. The molecule has 2 atom stereocenters. The fourth-order valence-electron chi connectivity index (χ4n) is 2.05. The first-order chi connectivity index (χ1) is 7.90. The number of hydrogen-bond acceptors (Lipinski definition) is 3. The highest BCUT2D eigenvalue weighted by atomic mass is 32.2. The average Bonchev–Trinajstić information content (AvgIpc) is 2.76. The van der Waals surface area contributed by atoms with Crippen molar-refractivity contribution in [2.75, 3.05) is 19.0 Å². The molecule has 1 aromatic rings. The molecule has 1 heterocycles. The number of rotatable bonds is 5. The first-order valence-corrected chi connectivity index (χ1v) is 6.79. The van der Waals surface area contributed by atoms with Gasteiger partial charge in [0.15, 0.2) is 0 Å². The number of hydrogen-bond donors (Lipinski definition) is 1.